The number of nitrogens with zero attached hydrogens (tertiary/aromatic N) is 6. The van der Waals surface area contributed by atoms with E-state index in [1.807, 2.05) is 26.8 Å². The molecule has 4 aromatic rings. The second-order valence-electron chi connectivity index (χ2n) is 8.93. The summed E-state index contributed by atoms with van der Waals surface area (Å²) in [5, 5.41) is 14.3. The largest absolute Gasteiger partial charge is 0.342 e. The zero-order chi connectivity index (χ0) is 25.9. The first-order valence-corrected chi connectivity index (χ1v) is 12.2. The number of rotatable bonds is 6. The second-order valence-corrected chi connectivity index (χ2v) is 10.3. The van der Waals surface area contributed by atoms with Gasteiger partial charge in [-0.1, -0.05) is 32.4 Å². The lowest BCUT2D eigenvalue weighted by atomic mass is 9.88. The average Bonchev–Trinajstić information content (AvgIpc) is 3.36. The van der Waals surface area contributed by atoms with Crippen molar-refractivity contribution in [3.05, 3.63) is 75.5 Å². The molecule has 0 aliphatic rings. The van der Waals surface area contributed by atoms with Crippen molar-refractivity contribution in [1.29, 1.82) is 0 Å². The number of amides is 2. The van der Waals surface area contributed by atoms with Crippen LogP contribution in [0, 0.1) is 0 Å². The highest BCUT2D eigenvalue weighted by atomic mass is 35.5. The van der Waals surface area contributed by atoms with Gasteiger partial charge < -0.3 is 10.6 Å². The summed E-state index contributed by atoms with van der Waals surface area (Å²) in [6.07, 6.45) is 6.11. The monoisotopic (exact) mass is 522 g/mol. The van der Waals surface area contributed by atoms with Gasteiger partial charge >= 0.3 is 0 Å². The summed E-state index contributed by atoms with van der Waals surface area (Å²) in [5.41, 5.74) is 2.08. The molecule has 0 aliphatic heterocycles. The summed E-state index contributed by atoms with van der Waals surface area (Å²) < 4.78 is 0. The maximum absolute atomic E-state index is 12.8. The third-order valence-corrected chi connectivity index (χ3v) is 6.58. The number of hydrogen-bond acceptors (Lipinski definition) is 9. The summed E-state index contributed by atoms with van der Waals surface area (Å²) >= 11 is 7.32. The predicted octanol–water partition coefficient (Wildman–Crippen LogP) is 4.48. The van der Waals surface area contributed by atoms with Crippen LogP contribution in [0.2, 0.25) is 5.15 Å². The minimum atomic E-state index is -0.455. The summed E-state index contributed by atoms with van der Waals surface area (Å²) in [7, 11) is 0. The third kappa shape index (κ3) is 5.86. The summed E-state index contributed by atoms with van der Waals surface area (Å²) in [6.45, 7) is 7.76. The van der Waals surface area contributed by atoms with Crippen molar-refractivity contribution in [2.45, 2.75) is 39.2 Å². The van der Waals surface area contributed by atoms with E-state index >= 15 is 0 Å². The van der Waals surface area contributed by atoms with E-state index in [-0.39, 0.29) is 22.9 Å². The van der Waals surface area contributed by atoms with E-state index < -0.39 is 6.04 Å². The number of anilines is 1. The van der Waals surface area contributed by atoms with Crippen molar-refractivity contribution in [3.8, 4) is 11.3 Å². The van der Waals surface area contributed by atoms with Gasteiger partial charge in [0.25, 0.3) is 11.8 Å². The number of nitrogens with one attached hydrogen (secondary N) is 2. The van der Waals surface area contributed by atoms with Crippen LogP contribution in [0.3, 0.4) is 0 Å². The normalized spacial score (nSPS) is 12.1. The second kappa shape index (κ2) is 10.4. The molecule has 36 heavy (non-hydrogen) atoms. The van der Waals surface area contributed by atoms with Crippen molar-refractivity contribution in [1.82, 2.24) is 35.5 Å². The van der Waals surface area contributed by atoms with Gasteiger partial charge in [-0.3, -0.25) is 14.6 Å². The van der Waals surface area contributed by atoms with Crippen LogP contribution in [0.1, 0.15) is 64.5 Å². The molecule has 0 fully saturated rings. The first-order valence-electron chi connectivity index (χ1n) is 11.0. The highest BCUT2D eigenvalue weighted by molar-refractivity contribution is 7.13. The van der Waals surface area contributed by atoms with Crippen LogP contribution in [0.5, 0.6) is 0 Å². The first-order chi connectivity index (χ1) is 17.1. The lowest BCUT2D eigenvalue weighted by Gasteiger charge is -2.20. The van der Waals surface area contributed by atoms with Gasteiger partial charge in [0, 0.05) is 23.5 Å². The van der Waals surface area contributed by atoms with Crippen LogP contribution in [0.4, 0.5) is 5.82 Å². The van der Waals surface area contributed by atoms with Crippen molar-refractivity contribution < 1.29 is 9.59 Å². The Kier molecular flexibility index (Phi) is 7.32. The molecule has 1 atom stereocenters. The fraction of sp³-hybridized carbons (Fsp3) is 0.250. The van der Waals surface area contributed by atoms with Gasteiger partial charge in [0.1, 0.15) is 21.9 Å². The number of aromatic nitrogens is 6. The molecule has 12 heteroatoms. The third-order valence-electron chi connectivity index (χ3n) is 5.12. The zero-order valence-corrected chi connectivity index (χ0v) is 21.6. The fourth-order valence-corrected chi connectivity index (χ4v) is 4.41. The summed E-state index contributed by atoms with van der Waals surface area (Å²) in [6, 6.07) is 6.49. The van der Waals surface area contributed by atoms with E-state index in [1.54, 1.807) is 37.5 Å². The number of carbonyl (C=O) groups is 2. The molecule has 0 aliphatic carbocycles. The highest BCUT2D eigenvalue weighted by Crippen LogP contribution is 2.29. The molecule has 0 spiro atoms. The molecule has 0 aromatic carbocycles. The predicted molar refractivity (Wildman–Crippen MR) is 137 cm³/mol. The van der Waals surface area contributed by atoms with Crippen LogP contribution in [-0.2, 0) is 5.41 Å². The number of hydrogen-bond donors (Lipinski definition) is 2. The first kappa shape index (κ1) is 25.3. The van der Waals surface area contributed by atoms with Gasteiger partial charge in [-0.15, -0.1) is 21.5 Å². The Balaban J connectivity index is 1.43. The molecule has 0 saturated heterocycles. The van der Waals surface area contributed by atoms with E-state index in [0.717, 1.165) is 11.1 Å². The Morgan fingerprint density at radius 1 is 1.06 bits per heavy atom. The van der Waals surface area contributed by atoms with E-state index in [9.17, 15) is 9.59 Å². The molecular weight excluding hydrogens is 500 g/mol. The van der Waals surface area contributed by atoms with Crippen LogP contribution in [-0.4, -0.2) is 41.9 Å². The molecule has 4 aromatic heterocycles. The van der Waals surface area contributed by atoms with Crippen LogP contribution < -0.4 is 10.6 Å². The quantitative estimate of drug-likeness (QED) is 0.378. The number of pyridine rings is 1. The van der Waals surface area contributed by atoms with Gasteiger partial charge in [0.05, 0.1) is 17.9 Å². The van der Waals surface area contributed by atoms with E-state index in [1.165, 1.54) is 23.9 Å². The average molecular weight is 523 g/mol. The molecule has 2 amide bonds. The molecule has 2 N–H and O–H groups in total. The standard InChI is InChI=1S/C24H23ClN8O2S/c1-13(30-21(34)17-9-16(28-12-29-17)14-6-5-7-26-10-14)23-27-11-18(36-23)22(35)31-19-8-15(24(2,3)4)20(25)33-32-19/h5-13H,1-4H3,(H,30,34)(H,31,32,35). The maximum atomic E-state index is 12.8. The molecule has 0 radical (unpaired) electrons. The fourth-order valence-electron chi connectivity index (χ4n) is 3.22. The van der Waals surface area contributed by atoms with Crippen molar-refractivity contribution in [2.75, 3.05) is 5.32 Å². The van der Waals surface area contributed by atoms with Crippen LogP contribution in [0.25, 0.3) is 11.3 Å². The summed E-state index contributed by atoms with van der Waals surface area (Å²) in [4.78, 5) is 42.6. The van der Waals surface area contributed by atoms with Gasteiger partial charge in [-0.2, -0.15) is 0 Å². The molecule has 1 unspecified atom stereocenters. The topological polar surface area (TPSA) is 136 Å². The molecule has 10 nitrogen and oxygen atoms in total. The Labute approximate surface area is 216 Å². The van der Waals surface area contributed by atoms with Gasteiger partial charge in [0.2, 0.25) is 0 Å². The van der Waals surface area contributed by atoms with E-state index in [4.69, 9.17) is 11.6 Å². The van der Waals surface area contributed by atoms with Crippen molar-refractivity contribution in [3.63, 3.8) is 0 Å². The molecule has 4 rings (SSSR count). The van der Waals surface area contributed by atoms with Gasteiger partial charge in [-0.05, 0) is 36.6 Å². The number of thiazole rings is 1. The summed E-state index contributed by atoms with van der Waals surface area (Å²) in [5.74, 6) is -0.480. The van der Waals surface area contributed by atoms with Crippen LogP contribution >= 0.6 is 22.9 Å². The molecule has 184 valence electrons. The van der Waals surface area contributed by atoms with Crippen molar-refractivity contribution in [2.24, 2.45) is 0 Å². The Bertz CT molecular complexity index is 1400. The number of halogens is 1. The minimum absolute atomic E-state index is 0.209. The SMILES string of the molecule is CC(NC(=O)c1cc(-c2cccnc2)ncn1)c1ncc(C(=O)Nc2cc(C(C)(C)C)c(Cl)nn2)s1. The molecule has 0 bridgehead atoms. The highest BCUT2D eigenvalue weighted by Gasteiger charge is 2.22. The lowest BCUT2D eigenvalue weighted by Crippen LogP contribution is -2.27. The van der Waals surface area contributed by atoms with Crippen LogP contribution in [0.15, 0.2) is 49.2 Å². The molecule has 0 saturated carbocycles. The van der Waals surface area contributed by atoms with Gasteiger partial charge in [0.15, 0.2) is 11.0 Å². The Morgan fingerprint density at radius 2 is 1.86 bits per heavy atom. The zero-order valence-electron chi connectivity index (χ0n) is 20.0. The number of carbonyl (C=O) groups excluding carboxylic acids is 2. The maximum Gasteiger partial charge on any atom is 0.270 e. The lowest BCUT2D eigenvalue weighted by molar-refractivity contribution is 0.0934. The molecular formula is C24H23ClN8O2S. The van der Waals surface area contributed by atoms with Gasteiger partial charge in [-0.25, -0.2) is 15.0 Å². The van der Waals surface area contributed by atoms with Crippen molar-refractivity contribution >= 4 is 40.6 Å². The van der Waals surface area contributed by atoms with E-state index in [2.05, 4.69) is 40.8 Å². The minimum Gasteiger partial charge on any atom is -0.342 e. The van der Waals surface area contributed by atoms with E-state index in [0.29, 0.717) is 26.5 Å². The molecule has 4 heterocycles. The Hall–Kier alpha value is -3.83. The smallest absolute Gasteiger partial charge is 0.270 e. The Morgan fingerprint density at radius 3 is 2.58 bits per heavy atom.